The van der Waals surface area contributed by atoms with Crippen molar-refractivity contribution in [2.45, 2.75) is 30.0 Å². The fourth-order valence-electron chi connectivity index (χ4n) is 3.16. The van der Waals surface area contributed by atoms with E-state index in [1.807, 2.05) is 6.07 Å². The van der Waals surface area contributed by atoms with Crippen LogP contribution in [0.4, 0.5) is 0 Å². The molecule has 1 fully saturated rings. The first kappa shape index (κ1) is 21.8. The van der Waals surface area contributed by atoms with Gasteiger partial charge in [-0.3, -0.25) is 0 Å². The van der Waals surface area contributed by atoms with Gasteiger partial charge in [0.1, 0.15) is 17.2 Å². The average Bonchev–Trinajstić information content (AvgIpc) is 3.24. The number of sulfonamides is 1. The molecule has 1 heterocycles. The fourth-order valence-corrected chi connectivity index (χ4v) is 6.40. The summed E-state index contributed by atoms with van der Waals surface area (Å²) >= 11 is 1.58. The third-order valence-corrected chi connectivity index (χ3v) is 8.00. The molecule has 2 aromatic rings. The Kier molecular flexibility index (Phi) is 7.32. The van der Waals surface area contributed by atoms with Crippen LogP contribution in [0.15, 0.2) is 47.4 Å². The molecule has 0 N–H and O–H groups in total. The van der Waals surface area contributed by atoms with Gasteiger partial charge in [0.05, 0.1) is 31.1 Å². The van der Waals surface area contributed by atoms with Gasteiger partial charge < -0.3 is 14.2 Å². The van der Waals surface area contributed by atoms with Crippen LogP contribution in [0, 0.1) is 0 Å². The first-order chi connectivity index (χ1) is 14.0. The molecule has 0 radical (unpaired) electrons. The van der Waals surface area contributed by atoms with Crippen LogP contribution in [-0.2, 0) is 10.0 Å². The highest BCUT2D eigenvalue weighted by molar-refractivity contribution is 8.01. The number of hydrogen-bond donors (Lipinski definition) is 0. The lowest BCUT2D eigenvalue weighted by Gasteiger charge is -2.25. The van der Waals surface area contributed by atoms with E-state index in [9.17, 15) is 8.42 Å². The Morgan fingerprint density at radius 3 is 2.45 bits per heavy atom. The zero-order valence-corrected chi connectivity index (χ0v) is 18.6. The number of unbranched alkanes of at least 4 members (excludes halogenated alkanes) is 1. The second kappa shape index (κ2) is 9.73. The van der Waals surface area contributed by atoms with Gasteiger partial charge in [0, 0.05) is 17.9 Å². The second-order valence-corrected chi connectivity index (χ2v) is 9.70. The van der Waals surface area contributed by atoms with E-state index in [1.54, 1.807) is 62.4 Å². The molecule has 1 atom stereocenters. The van der Waals surface area contributed by atoms with E-state index in [-0.39, 0.29) is 10.3 Å². The van der Waals surface area contributed by atoms with Gasteiger partial charge in [-0.15, -0.1) is 11.8 Å². The number of thioether (sulfide) groups is 1. The number of methoxy groups -OCH3 is 2. The maximum Gasteiger partial charge on any atom is 0.244 e. The fraction of sp³-hybridized carbons (Fsp3) is 0.429. The predicted molar refractivity (Wildman–Crippen MR) is 115 cm³/mol. The number of benzene rings is 2. The van der Waals surface area contributed by atoms with Gasteiger partial charge in [0.2, 0.25) is 10.0 Å². The van der Waals surface area contributed by atoms with E-state index < -0.39 is 10.0 Å². The van der Waals surface area contributed by atoms with E-state index in [0.29, 0.717) is 36.2 Å². The lowest BCUT2D eigenvalue weighted by Crippen LogP contribution is -2.30. The van der Waals surface area contributed by atoms with E-state index >= 15 is 0 Å². The Labute approximate surface area is 177 Å². The molecule has 29 heavy (non-hydrogen) atoms. The van der Waals surface area contributed by atoms with E-state index in [0.717, 1.165) is 18.4 Å². The molecule has 0 spiro atoms. The topological polar surface area (TPSA) is 65.1 Å². The minimum absolute atomic E-state index is 0.259. The minimum Gasteiger partial charge on any atom is -0.497 e. The van der Waals surface area contributed by atoms with Crippen LogP contribution in [0.3, 0.4) is 0 Å². The Morgan fingerprint density at radius 2 is 1.79 bits per heavy atom. The van der Waals surface area contributed by atoms with Crippen molar-refractivity contribution in [1.82, 2.24) is 4.31 Å². The molecule has 0 bridgehead atoms. The quantitative estimate of drug-likeness (QED) is 0.545. The van der Waals surface area contributed by atoms with Gasteiger partial charge in [0.15, 0.2) is 0 Å². The van der Waals surface area contributed by atoms with Crippen LogP contribution < -0.4 is 14.2 Å². The second-order valence-electron chi connectivity index (χ2n) is 6.62. The summed E-state index contributed by atoms with van der Waals surface area (Å²) in [5.41, 5.74) is 0.789. The lowest BCUT2D eigenvalue weighted by atomic mass is 10.2. The van der Waals surface area contributed by atoms with Gasteiger partial charge in [0.25, 0.3) is 0 Å². The zero-order valence-electron chi connectivity index (χ0n) is 17.0. The molecule has 8 heteroatoms. The molecule has 1 unspecified atom stereocenters. The third kappa shape index (κ3) is 4.82. The van der Waals surface area contributed by atoms with Crippen LogP contribution in [0.5, 0.6) is 17.2 Å². The summed E-state index contributed by atoms with van der Waals surface area (Å²) in [6.45, 7) is 3.16. The molecule has 6 nitrogen and oxygen atoms in total. The molecule has 1 aliphatic heterocycles. The van der Waals surface area contributed by atoms with E-state index in [4.69, 9.17) is 14.2 Å². The Bertz CT molecular complexity index is 915. The molecule has 2 aromatic carbocycles. The standard InChI is InChI=1S/C21H27NO5S2/c1-4-5-13-27-16-6-9-18(10-7-16)29(23,24)22-12-14-28-21(22)19-15-17(25-2)8-11-20(19)26-3/h6-11,15,21H,4-5,12-14H2,1-3H3. The third-order valence-electron chi connectivity index (χ3n) is 4.75. The highest BCUT2D eigenvalue weighted by Gasteiger charge is 2.38. The normalized spacial score (nSPS) is 17.3. The van der Waals surface area contributed by atoms with Crippen LogP contribution >= 0.6 is 11.8 Å². The summed E-state index contributed by atoms with van der Waals surface area (Å²) in [4.78, 5) is 0.259. The number of ether oxygens (including phenoxy) is 3. The molecular weight excluding hydrogens is 410 g/mol. The first-order valence-electron chi connectivity index (χ1n) is 9.59. The molecule has 0 saturated carbocycles. The van der Waals surface area contributed by atoms with Crippen molar-refractivity contribution in [2.75, 3.05) is 33.1 Å². The SMILES string of the molecule is CCCCOc1ccc(S(=O)(=O)N2CCSC2c2cc(OC)ccc2OC)cc1. The van der Waals surface area contributed by atoms with Crippen LogP contribution in [0.2, 0.25) is 0 Å². The number of nitrogens with zero attached hydrogens (tertiary/aromatic N) is 1. The highest BCUT2D eigenvalue weighted by atomic mass is 32.2. The summed E-state index contributed by atoms with van der Waals surface area (Å²) in [5, 5.41) is -0.370. The lowest BCUT2D eigenvalue weighted by molar-refractivity contribution is 0.309. The molecule has 0 amide bonds. The van der Waals surface area contributed by atoms with Crippen molar-refractivity contribution in [3.63, 3.8) is 0 Å². The minimum atomic E-state index is -3.66. The molecule has 0 aromatic heterocycles. The summed E-state index contributed by atoms with van der Waals surface area (Å²) in [6.07, 6.45) is 2.02. The molecular formula is C21H27NO5S2. The Balaban J connectivity index is 1.87. The van der Waals surface area contributed by atoms with Gasteiger partial charge in [-0.1, -0.05) is 13.3 Å². The van der Waals surface area contributed by atoms with Crippen molar-refractivity contribution < 1.29 is 22.6 Å². The van der Waals surface area contributed by atoms with Crippen LogP contribution in [0.25, 0.3) is 0 Å². The molecule has 3 rings (SSSR count). The van der Waals surface area contributed by atoms with Gasteiger partial charge in [-0.2, -0.15) is 4.31 Å². The maximum atomic E-state index is 13.3. The molecule has 158 valence electrons. The van der Waals surface area contributed by atoms with E-state index in [2.05, 4.69) is 6.92 Å². The predicted octanol–water partition coefficient (Wildman–Crippen LogP) is 4.32. The largest absolute Gasteiger partial charge is 0.497 e. The summed E-state index contributed by atoms with van der Waals surface area (Å²) in [6, 6.07) is 12.1. The van der Waals surface area contributed by atoms with Crippen molar-refractivity contribution >= 4 is 21.8 Å². The Hall–Kier alpha value is -1.90. The van der Waals surface area contributed by atoms with Crippen LogP contribution in [-0.4, -0.2) is 45.8 Å². The maximum absolute atomic E-state index is 13.3. The summed E-state index contributed by atoms with van der Waals surface area (Å²) in [7, 11) is -0.488. The van der Waals surface area contributed by atoms with Crippen molar-refractivity contribution in [3.8, 4) is 17.2 Å². The van der Waals surface area contributed by atoms with Crippen LogP contribution in [0.1, 0.15) is 30.7 Å². The molecule has 1 aliphatic rings. The monoisotopic (exact) mass is 437 g/mol. The van der Waals surface area contributed by atoms with Crippen molar-refractivity contribution in [2.24, 2.45) is 0 Å². The Morgan fingerprint density at radius 1 is 1.07 bits per heavy atom. The number of hydrogen-bond acceptors (Lipinski definition) is 6. The van der Waals surface area contributed by atoms with Gasteiger partial charge >= 0.3 is 0 Å². The summed E-state index contributed by atoms with van der Waals surface area (Å²) < 4.78 is 44.7. The van der Waals surface area contributed by atoms with Gasteiger partial charge in [-0.05, 0) is 48.9 Å². The summed E-state index contributed by atoms with van der Waals surface area (Å²) in [5.74, 6) is 2.70. The smallest absolute Gasteiger partial charge is 0.244 e. The average molecular weight is 438 g/mol. The zero-order chi connectivity index (χ0) is 20.9. The first-order valence-corrected chi connectivity index (χ1v) is 12.1. The number of rotatable bonds is 9. The molecule has 0 aliphatic carbocycles. The van der Waals surface area contributed by atoms with E-state index in [1.165, 1.54) is 4.31 Å². The highest BCUT2D eigenvalue weighted by Crippen LogP contribution is 2.45. The van der Waals surface area contributed by atoms with Crippen molar-refractivity contribution in [1.29, 1.82) is 0 Å². The molecule has 1 saturated heterocycles. The van der Waals surface area contributed by atoms with Crippen molar-refractivity contribution in [3.05, 3.63) is 48.0 Å². The van der Waals surface area contributed by atoms with Gasteiger partial charge in [-0.25, -0.2) is 8.42 Å².